The molecule has 1 aliphatic rings. The SMILES string of the molecule is COc1ccccc1CNC[C@@]1(O)CN(C(=O)CCc2ccccc2)CC[C@@H]1O. The van der Waals surface area contributed by atoms with Gasteiger partial charge in [0.1, 0.15) is 11.4 Å². The molecule has 1 amide bonds. The fourth-order valence-electron chi connectivity index (χ4n) is 3.77. The van der Waals surface area contributed by atoms with E-state index in [1.165, 1.54) is 0 Å². The van der Waals surface area contributed by atoms with Crippen molar-refractivity contribution in [2.45, 2.75) is 37.5 Å². The number of aliphatic hydroxyl groups excluding tert-OH is 1. The van der Waals surface area contributed by atoms with E-state index in [2.05, 4.69) is 5.32 Å². The highest BCUT2D eigenvalue weighted by Gasteiger charge is 2.42. The first-order chi connectivity index (χ1) is 14.0. The zero-order chi connectivity index (χ0) is 20.7. The third-order valence-corrected chi connectivity index (χ3v) is 5.52. The molecule has 3 rings (SSSR count). The molecule has 2 aromatic rings. The number of amides is 1. The number of likely N-dealkylation sites (tertiary alicyclic amines) is 1. The molecule has 2 aromatic carbocycles. The van der Waals surface area contributed by atoms with Crippen LogP contribution in [0.5, 0.6) is 5.75 Å². The number of nitrogens with one attached hydrogen (secondary N) is 1. The van der Waals surface area contributed by atoms with Gasteiger partial charge in [-0.05, 0) is 24.5 Å². The number of aliphatic hydroxyl groups is 2. The molecule has 0 unspecified atom stereocenters. The predicted molar refractivity (Wildman–Crippen MR) is 112 cm³/mol. The van der Waals surface area contributed by atoms with E-state index in [1.54, 1.807) is 12.0 Å². The second kappa shape index (κ2) is 9.87. The van der Waals surface area contributed by atoms with Gasteiger partial charge in [-0.2, -0.15) is 0 Å². The molecule has 156 valence electrons. The Kier molecular flexibility index (Phi) is 7.25. The molecule has 1 fully saturated rings. The first-order valence-corrected chi connectivity index (χ1v) is 10.1. The highest BCUT2D eigenvalue weighted by atomic mass is 16.5. The van der Waals surface area contributed by atoms with E-state index in [1.807, 2.05) is 54.6 Å². The molecular weight excluding hydrogens is 368 g/mol. The van der Waals surface area contributed by atoms with E-state index < -0.39 is 11.7 Å². The van der Waals surface area contributed by atoms with Crippen molar-refractivity contribution in [2.24, 2.45) is 0 Å². The van der Waals surface area contributed by atoms with Gasteiger partial charge in [-0.3, -0.25) is 4.79 Å². The Hall–Kier alpha value is -2.41. The molecule has 1 saturated heterocycles. The van der Waals surface area contributed by atoms with Crippen LogP contribution in [0.2, 0.25) is 0 Å². The van der Waals surface area contributed by atoms with Crippen molar-refractivity contribution in [2.75, 3.05) is 26.7 Å². The van der Waals surface area contributed by atoms with Crippen molar-refractivity contribution >= 4 is 5.91 Å². The minimum Gasteiger partial charge on any atom is -0.496 e. The molecule has 0 saturated carbocycles. The van der Waals surface area contributed by atoms with Crippen molar-refractivity contribution in [1.29, 1.82) is 0 Å². The fourth-order valence-corrected chi connectivity index (χ4v) is 3.77. The lowest BCUT2D eigenvalue weighted by atomic mass is 9.89. The van der Waals surface area contributed by atoms with Gasteiger partial charge in [0.2, 0.25) is 5.91 Å². The number of hydrogen-bond donors (Lipinski definition) is 3. The molecule has 29 heavy (non-hydrogen) atoms. The minimum absolute atomic E-state index is 0.00362. The number of benzene rings is 2. The van der Waals surface area contributed by atoms with Crippen LogP contribution in [0.4, 0.5) is 0 Å². The van der Waals surface area contributed by atoms with E-state index in [-0.39, 0.29) is 19.0 Å². The van der Waals surface area contributed by atoms with E-state index >= 15 is 0 Å². The maximum atomic E-state index is 12.6. The smallest absolute Gasteiger partial charge is 0.223 e. The zero-order valence-electron chi connectivity index (χ0n) is 16.9. The number of piperidine rings is 1. The maximum absolute atomic E-state index is 12.6. The highest BCUT2D eigenvalue weighted by Crippen LogP contribution is 2.23. The first kappa shape index (κ1) is 21.3. The number of para-hydroxylation sites is 1. The molecule has 6 heteroatoms. The third-order valence-electron chi connectivity index (χ3n) is 5.52. The van der Waals surface area contributed by atoms with Crippen LogP contribution in [0.15, 0.2) is 54.6 Å². The Morgan fingerprint density at radius 1 is 1.21 bits per heavy atom. The molecule has 1 aliphatic heterocycles. The van der Waals surface area contributed by atoms with Crippen LogP contribution in [0.3, 0.4) is 0 Å². The molecule has 2 atom stereocenters. The van der Waals surface area contributed by atoms with Gasteiger partial charge < -0.3 is 25.2 Å². The number of carbonyl (C=O) groups excluding carboxylic acids is 1. The topological polar surface area (TPSA) is 82.0 Å². The number of methoxy groups -OCH3 is 1. The van der Waals surface area contributed by atoms with Crippen molar-refractivity contribution in [3.8, 4) is 5.75 Å². The number of β-amino-alcohol motifs (C(OH)–C–C–N with tert-alkyl or cyclic N) is 1. The molecule has 0 aliphatic carbocycles. The summed E-state index contributed by atoms with van der Waals surface area (Å²) in [5, 5.41) is 24.6. The van der Waals surface area contributed by atoms with Gasteiger partial charge in [-0.25, -0.2) is 0 Å². The zero-order valence-corrected chi connectivity index (χ0v) is 16.9. The number of hydrogen-bond acceptors (Lipinski definition) is 5. The lowest BCUT2D eigenvalue weighted by Gasteiger charge is -2.43. The highest BCUT2D eigenvalue weighted by molar-refractivity contribution is 5.76. The van der Waals surface area contributed by atoms with Gasteiger partial charge in [-0.15, -0.1) is 0 Å². The monoisotopic (exact) mass is 398 g/mol. The summed E-state index contributed by atoms with van der Waals surface area (Å²) in [4.78, 5) is 14.3. The van der Waals surface area contributed by atoms with Gasteiger partial charge in [0.15, 0.2) is 0 Å². The Labute approximate surface area is 172 Å². The molecule has 0 spiro atoms. The maximum Gasteiger partial charge on any atom is 0.223 e. The Bertz CT molecular complexity index is 798. The second-order valence-electron chi connectivity index (χ2n) is 7.62. The summed E-state index contributed by atoms with van der Waals surface area (Å²) in [5.41, 5.74) is 0.717. The Morgan fingerprint density at radius 3 is 2.69 bits per heavy atom. The lowest BCUT2D eigenvalue weighted by molar-refractivity contribution is -0.151. The van der Waals surface area contributed by atoms with E-state index in [9.17, 15) is 15.0 Å². The standard InChI is InChI=1S/C23H30N2O4/c1-29-20-10-6-5-9-19(20)15-24-16-23(28)17-25(14-13-21(23)26)22(27)12-11-18-7-3-2-4-8-18/h2-10,21,24,26,28H,11-17H2,1H3/t21-,23+/m0/s1. The van der Waals surface area contributed by atoms with E-state index in [4.69, 9.17) is 4.74 Å². The van der Waals surface area contributed by atoms with Crippen LogP contribution < -0.4 is 10.1 Å². The average Bonchev–Trinajstić information content (AvgIpc) is 2.75. The van der Waals surface area contributed by atoms with Crippen LogP contribution in [0.1, 0.15) is 24.0 Å². The summed E-state index contributed by atoms with van der Waals surface area (Å²) in [6.45, 7) is 1.28. The van der Waals surface area contributed by atoms with Crippen LogP contribution in [0, 0.1) is 0 Å². The third kappa shape index (κ3) is 5.56. The normalized spacial score (nSPS) is 21.8. The van der Waals surface area contributed by atoms with Crippen LogP contribution >= 0.6 is 0 Å². The van der Waals surface area contributed by atoms with Crippen molar-refractivity contribution in [3.63, 3.8) is 0 Å². The molecule has 6 nitrogen and oxygen atoms in total. The van der Waals surface area contributed by atoms with Gasteiger partial charge in [0, 0.05) is 31.6 Å². The predicted octanol–water partition coefficient (Wildman–Crippen LogP) is 1.74. The van der Waals surface area contributed by atoms with Gasteiger partial charge in [0.05, 0.1) is 19.8 Å². The molecule has 1 heterocycles. The molecular formula is C23H30N2O4. The number of rotatable bonds is 8. The summed E-state index contributed by atoms with van der Waals surface area (Å²) < 4.78 is 5.34. The minimum atomic E-state index is -1.37. The average molecular weight is 399 g/mol. The summed E-state index contributed by atoms with van der Waals surface area (Å²) in [6.07, 6.45) is 0.559. The Balaban J connectivity index is 1.54. The summed E-state index contributed by atoms with van der Waals surface area (Å²) in [5.74, 6) is 0.776. The van der Waals surface area contributed by atoms with Crippen LogP contribution in [0.25, 0.3) is 0 Å². The fraction of sp³-hybridized carbons (Fsp3) is 0.435. The summed E-state index contributed by atoms with van der Waals surface area (Å²) in [6, 6.07) is 17.6. The Morgan fingerprint density at radius 2 is 1.93 bits per heavy atom. The summed E-state index contributed by atoms with van der Waals surface area (Å²) in [7, 11) is 1.62. The van der Waals surface area contributed by atoms with E-state index in [0.717, 1.165) is 16.9 Å². The molecule has 0 radical (unpaired) electrons. The number of nitrogens with zero attached hydrogens (tertiary/aromatic N) is 1. The number of carbonyl (C=O) groups is 1. The molecule has 3 N–H and O–H groups in total. The quantitative estimate of drug-likeness (QED) is 0.631. The van der Waals surface area contributed by atoms with Gasteiger partial charge >= 0.3 is 0 Å². The van der Waals surface area contributed by atoms with Crippen molar-refractivity contribution in [1.82, 2.24) is 10.2 Å². The van der Waals surface area contributed by atoms with Crippen LogP contribution in [-0.2, 0) is 17.8 Å². The van der Waals surface area contributed by atoms with E-state index in [0.29, 0.717) is 32.4 Å². The second-order valence-corrected chi connectivity index (χ2v) is 7.62. The van der Waals surface area contributed by atoms with Crippen LogP contribution in [-0.4, -0.2) is 59.5 Å². The number of aryl methyl sites for hydroxylation is 1. The van der Waals surface area contributed by atoms with Crippen molar-refractivity contribution in [3.05, 3.63) is 65.7 Å². The lowest BCUT2D eigenvalue weighted by Crippen LogP contribution is -2.62. The number of ether oxygens (including phenoxy) is 1. The first-order valence-electron chi connectivity index (χ1n) is 10.1. The van der Waals surface area contributed by atoms with Gasteiger partial charge in [0.25, 0.3) is 0 Å². The molecule has 0 aromatic heterocycles. The van der Waals surface area contributed by atoms with Gasteiger partial charge in [-0.1, -0.05) is 48.5 Å². The molecule has 0 bridgehead atoms. The van der Waals surface area contributed by atoms with Crippen molar-refractivity contribution < 1.29 is 19.7 Å². The summed E-state index contributed by atoms with van der Waals surface area (Å²) >= 11 is 0. The largest absolute Gasteiger partial charge is 0.496 e.